The quantitative estimate of drug-likeness (QED) is 0.604. The highest BCUT2D eigenvalue weighted by Crippen LogP contribution is 2.06. The molecule has 0 aliphatic rings. The van der Waals surface area contributed by atoms with E-state index in [0.29, 0.717) is 0 Å². The van der Waals surface area contributed by atoms with Gasteiger partial charge in [-0.25, -0.2) is 14.9 Å². The summed E-state index contributed by atoms with van der Waals surface area (Å²) in [5.74, 6) is 0. The Labute approximate surface area is 97.7 Å². The van der Waals surface area contributed by atoms with Crippen molar-refractivity contribution in [2.24, 2.45) is 10.8 Å². The lowest BCUT2D eigenvalue weighted by Crippen LogP contribution is -2.24. The number of nitrogens with two attached hydrogens (primary N) is 1. The molecule has 0 atom stereocenters. The van der Waals surface area contributed by atoms with Gasteiger partial charge in [0.15, 0.2) is 0 Å². The van der Waals surface area contributed by atoms with Crippen LogP contribution >= 0.6 is 0 Å². The number of hydrogen-bond acceptors (Lipinski definition) is 3. The Hall–Kier alpha value is -2.63. The van der Waals surface area contributed by atoms with Crippen molar-refractivity contribution in [2.45, 2.75) is 0 Å². The van der Waals surface area contributed by atoms with Gasteiger partial charge >= 0.3 is 6.03 Å². The third-order valence-corrected chi connectivity index (χ3v) is 2.01. The SMILES string of the molecule is NC(=O)N/N=C\c1cnn(-c2ccccc2)c1. The predicted octanol–water partition coefficient (Wildman–Crippen LogP) is 0.874. The molecule has 2 amide bonds. The monoisotopic (exact) mass is 229 g/mol. The van der Waals surface area contributed by atoms with Gasteiger partial charge in [0.05, 0.1) is 18.1 Å². The maximum atomic E-state index is 10.4. The van der Waals surface area contributed by atoms with Gasteiger partial charge in [-0.2, -0.15) is 10.2 Å². The molecule has 0 saturated carbocycles. The number of primary amides is 1. The van der Waals surface area contributed by atoms with E-state index in [4.69, 9.17) is 5.73 Å². The maximum absolute atomic E-state index is 10.4. The number of nitrogens with zero attached hydrogens (tertiary/aromatic N) is 3. The van der Waals surface area contributed by atoms with E-state index in [-0.39, 0.29) is 0 Å². The molecular weight excluding hydrogens is 218 g/mol. The van der Waals surface area contributed by atoms with Crippen molar-refractivity contribution in [2.75, 3.05) is 0 Å². The van der Waals surface area contributed by atoms with Gasteiger partial charge in [-0.1, -0.05) is 18.2 Å². The topological polar surface area (TPSA) is 85.3 Å². The zero-order valence-electron chi connectivity index (χ0n) is 8.95. The van der Waals surface area contributed by atoms with Crippen molar-refractivity contribution in [1.82, 2.24) is 15.2 Å². The number of aromatic nitrogens is 2. The minimum absolute atomic E-state index is 0.697. The first kappa shape index (κ1) is 10.9. The van der Waals surface area contributed by atoms with Crippen LogP contribution in [0.1, 0.15) is 5.56 Å². The molecule has 0 saturated heterocycles. The van der Waals surface area contributed by atoms with Crippen LogP contribution in [0.15, 0.2) is 47.8 Å². The largest absolute Gasteiger partial charge is 0.350 e. The second-order valence-electron chi connectivity index (χ2n) is 3.29. The smallest absolute Gasteiger partial charge is 0.332 e. The Morgan fingerprint density at radius 2 is 2.18 bits per heavy atom. The molecule has 0 spiro atoms. The molecular formula is C11H11N5O. The lowest BCUT2D eigenvalue weighted by atomic mass is 10.3. The number of carbonyl (C=O) groups excluding carboxylic acids is 1. The van der Waals surface area contributed by atoms with Crippen molar-refractivity contribution in [3.8, 4) is 5.69 Å². The molecule has 2 rings (SSSR count). The second kappa shape index (κ2) is 4.93. The molecule has 0 bridgehead atoms. The molecule has 17 heavy (non-hydrogen) atoms. The van der Waals surface area contributed by atoms with Crippen molar-refractivity contribution < 1.29 is 4.79 Å². The first-order chi connectivity index (χ1) is 8.25. The summed E-state index contributed by atoms with van der Waals surface area (Å²) >= 11 is 0. The van der Waals surface area contributed by atoms with Gasteiger partial charge in [0.2, 0.25) is 0 Å². The summed E-state index contributed by atoms with van der Waals surface area (Å²) in [6, 6.07) is 8.98. The number of nitrogens with one attached hydrogen (secondary N) is 1. The van der Waals surface area contributed by atoms with Gasteiger partial charge in [0.1, 0.15) is 0 Å². The van der Waals surface area contributed by atoms with E-state index < -0.39 is 6.03 Å². The fourth-order valence-electron chi connectivity index (χ4n) is 1.30. The first-order valence-corrected chi connectivity index (χ1v) is 4.94. The third kappa shape index (κ3) is 2.91. The van der Waals surface area contributed by atoms with Crippen LogP contribution in [0.5, 0.6) is 0 Å². The zero-order chi connectivity index (χ0) is 12.1. The van der Waals surface area contributed by atoms with E-state index in [0.717, 1.165) is 11.3 Å². The van der Waals surface area contributed by atoms with Crippen molar-refractivity contribution in [3.05, 3.63) is 48.3 Å². The Bertz CT molecular complexity index is 532. The fourth-order valence-corrected chi connectivity index (χ4v) is 1.30. The fraction of sp³-hybridized carbons (Fsp3) is 0. The summed E-state index contributed by atoms with van der Waals surface area (Å²) in [7, 11) is 0. The number of amides is 2. The molecule has 2 aromatic rings. The first-order valence-electron chi connectivity index (χ1n) is 4.94. The number of urea groups is 1. The molecule has 6 heteroatoms. The number of hydrazone groups is 1. The molecule has 1 aromatic heterocycles. The molecule has 1 heterocycles. The third-order valence-electron chi connectivity index (χ3n) is 2.01. The molecule has 1 aromatic carbocycles. The highest BCUT2D eigenvalue weighted by atomic mass is 16.2. The van der Waals surface area contributed by atoms with Crippen molar-refractivity contribution >= 4 is 12.2 Å². The zero-order valence-corrected chi connectivity index (χ0v) is 8.95. The molecule has 3 N–H and O–H groups in total. The van der Waals surface area contributed by atoms with E-state index >= 15 is 0 Å². The average Bonchev–Trinajstić information content (AvgIpc) is 2.78. The van der Waals surface area contributed by atoms with Crippen molar-refractivity contribution in [3.63, 3.8) is 0 Å². The number of benzene rings is 1. The number of rotatable bonds is 3. The Morgan fingerprint density at radius 3 is 2.88 bits per heavy atom. The molecule has 86 valence electrons. The van der Waals surface area contributed by atoms with Gasteiger partial charge in [-0.15, -0.1) is 0 Å². The normalized spacial score (nSPS) is 10.6. The summed E-state index contributed by atoms with van der Waals surface area (Å²) < 4.78 is 1.71. The molecule has 0 unspecified atom stereocenters. The number of para-hydroxylation sites is 1. The van der Waals surface area contributed by atoms with E-state index in [1.54, 1.807) is 17.1 Å². The summed E-state index contributed by atoms with van der Waals surface area (Å²) in [6.07, 6.45) is 4.90. The van der Waals surface area contributed by atoms with E-state index in [1.165, 1.54) is 6.21 Å². The molecule has 0 radical (unpaired) electrons. The highest BCUT2D eigenvalue weighted by Gasteiger charge is 1.97. The standard InChI is InChI=1S/C11H11N5O/c12-11(17)15-13-6-9-7-14-16(8-9)10-4-2-1-3-5-10/h1-8H,(H3,12,15,17)/b13-6-. The van der Waals surface area contributed by atoms with Gasteiger partial charge in [0.25, 0.3) is 0 Å². The summed E-state index contributed by atoms with van der Waals surface area (Å²) in [6.45, 7) is 0. The highest BCUT2D eigenvalue weighted by molar-refractivity contribution is 5.80. The Morgan fingerprint density at radius 1 is 1.41 bits per heavy atom. The lowest BCUT2D eigenvalue weighted by molar-refractivity contribution is 0.249. The minimum Gasteiger partial charge on any atom is -0.350 e. The van der Waals surface area contributed by atoms with Crippen LogP contribution in [-0.4, -0.2) is 22.0 Å². The molecule has 0 aliphatic carbocycles. The van der Waals surface area contributed by atoms with Gasteiger partial charge in [0, 0.05) is 11.8 Å². The molecule has 0 aliphatic heterocycles. The number of carbonyl (C=O) groups is 1. The summed E-state index contributed by atoms with van der Waals surface area (Å²) in [5.41, 5.74) is 8.70. The average molecular weight is 229 g/mol. The van der Waals surface area contributed by atoms with E-state index in [9.17, 15) is 4.79 Å². The number of hydrogen-bond donors (Lipinski definition) is 2. The van der Waals surface area contributed by atoms with Crippen LogP contribution in [0.3, 0.4) is 0 Å². The van der Waals surface area contributed by atoms with Crippen LogP contribution in [0.4, 0.5) is 4.79 Å². The Balaban J connectivity index is 2.11. The summed E-state index contributed by atoms with van der Waals surface area (Å²) in [4.78, 5) is 10.4. The lowest BCUT2D eigenvalue weighted by Gasteiger charge is -1.98. The van der Waals surface area contributed by atoms with E-state index in [2.05, 4.69) is 15.6 Å². The molecule has 0 fully saturated rings. The maximum Gasteiger partial charge on any atom is 0.332 e. The van der Waals surface area contributed by atoms with Gasteiger partial charge in [-0.05, 0) is 12.1 Å². The second-order valence-corrected chi connectivity index (χ2v) is 3.29. The van der Waals surface area contributed by atoms with Crippen LogP contribution < -0.4 is 11.2 Å². The molecule has 6 nitrogen and oxygen atoms in total. The van der Waals surface area contributed by atoms with Crippen LogP contribution in [0.25, 0.3) is 5.69 Å². The van der Waals surface area contributed by atoms with Gasteiger partial charge < -0.3 is 5.73 Å². The van der Waals surface area contributed by atoms with Gasteiger partial charge in [-0.3, -0.25) is 0 Å². The predicted molar refractivity (Wildman–Crippen MR) is 63.9 cm³/mol. The van der Waals surface area contributed by atoms with Crippen LogP contribution in [-0.2, 0) is 0 Å². The Kier molecular flexibility index (Phi) is 3.15. The van der Waals surface area contributed by atoms with Crippen molar-refractivity contribution in [1.29, 1.82) is 0 Å². The van der Waals surface area contributed by atoms with Crippen LogP contribution in [0.2, 0.25) is 0 Å². The minimum atomic E-state index is -0.697. The van der Waals surface area contributed by atoms with E-state index in [1.807, 2.05) is 30.3 Å². The van der Waals surface area contributed by atoms with Crippen LogP contribution in [0, 0.1) is 0 Å². The summed E-state index contributed by atoms with van der Waals surface area (Å²) in [5, 5.41) is 7.81.